The van der Waals surface area contributed by atoms with E-state index in [2.05, 4.69) is 75.9 Å². The monoisotopic (exact) mass is 351 g/mol. The second kappa shape index (κ2) is 8.46. The van der Waals surface area contributed by atoms with Crippen LogP contribution in [0.15, 0.2) is 96.5 Å². The van der Waals surface area contributed by atoms with E-state index in [1.54, 1.807) is 0 Å². The molecular weight excluding hydrogens is 326 g/mol. The second-order valence-corrected chi connectivity index (χ2v) is 6.80. The largest absolute Gasteiger partial charge is 0.252 e. The zero-order valence-corrected chi connectivity index (χ0v) is 16.2. The summed E-state index contributed by atoms with van der Waals surface area (Å²) in [7, 11) is 0. The summed E-state index contributed by atoms with van der Waals surface area (Å²) in [5.74, 6) is 0. The van der Waals surface area contributed by atoms with Crippen LogP contribution in [0, 0.1) is 13.8 Å². The Balaban J connectivity index is 2.05. The van der Waals surface area contributed by atoms with E-state index in [-0.39, 0.29) is 0 Å². The molecule has 0 aliphatic heterocycles. The third kappa shape index (κ3) is 4.71. The van der Waals surface area contributed by atoms with E-state index in [9.17, 15) is 0 Å². The molecule has 0 unspecified atom stereocenters. The normalized spacial score (nSPS) is 12.1. The maximum Gasteiger partial charge on any atom is 0.0711 e. The Bertz CT molecular complexity index is 993. The number of allylic oxidation sites excluding steroid dienone is 2. The molecule has 1 heteroatoms. The molecule has 0 radical (unpaired) electrons. The number of rotatable bonds is 5. The van der Waals surface area contributed by atoms with Crippen LogP contribution in [-0.2, 0) is 0 Å². The summed E-state index contributed by atoms with van der Waals surface area (Å²) in [6.07, 6.45) is 2.07. The fourth-order valence-corrected chi connectivity index (χ4v) is 3.15. The van der Waals surface area contributed by atoms with Crippen molar-refractivity contribution in [2.24, 2.45) is 4.99 Å². The Labute approximate surface area is 162 Å². The molecule has 0 heterocycles. The summed E-state index contributed by atoms with van der Waals surface area (Å²) >= 11 is 0. The third-order valence-corrected chi connectivity index (χ3v) is 4.58. The van der Waals surface area contributed by atoms with E-state index in [1.807, 2.05) is 36.4 Å². The molecule has 0 N–H and O–H groups in total. The van der Waals surface area contributed by atoms with Gasteiger partial charge >= 0.3 is 0 Å². The van der Waals surface area contributed by atoms with Crippen LogP contribution in [0.2, 0.25) is 0 Å². The van der Waals surface area contributed by atoms with Crippen LogP contribution in [0.25, 0.3) is 11.3 Å². The highest BCUT2D eigenvalue weighted by Gasteiger charge is 2.07. The van der Waals surface area contributed by atoms with Gasteiger partial charge in [-0.05, 0) is 49.1 Å². The van der Waals surface area contributed by atoms with E-state index in [4.69, 9.17) is 4.99 Å². The van der Waals surface area contributed by atoms with Gasteiger partial charge in [-0.25, -0.2) is 0 Å². The van der Waals surface area contributed by atoms with Crippen LogP contribution < -0.4 is 0 Å². The van der Waals surface area contributed by atoms with Crippen molar-refractivity contribution in [1.29, 1.82) is 0 Å². The van der Waals surface area contributed by atoms with Crippen molar-refractivity contribution in [2.75, 3.05) is 0 Å². The minimum absolute atomic E-state index is 0.918. The molecule has 0 fully saturated rings. The van der Waals surface area contributed by atoms with E-state index in [0.717, 1.165) is 28.1 Å². The molecule has 134 valence electrons. The van der Waals surface area contributed by atoms with Crippen molar-refractivity contribution in [3.05, 3.63) is 119 Å². The predicted octanol–water partition coefficient (Wildman–Crippen LogP) is 6.87. The highest BCUT2D eigenvalue weighted by Crippen LogP contribution is 2.24. The SMILES string of the molecule is C=C(/C=C(\N=C(/C)c1ccc(C)cc1C)c1ccccc1)c1ccccc1. The van der Waals surface area contributed by atoms with Crippen LogP contribution in [0.5, 0.6) is 0 Å². The van der Waals surface area contributed by atoms with Gasteiger partial charge < -0.3 is 0 Å². The molecule has 0 aliphatic carbocycles. The molecule has 0 atom stereocenters. The van der Waals surface area contributed by atoms with Gasteiger partial charge in [0.15, 0.2) is 0 Å². The van der Waals surface area contributed by atoms with Gasteiger partial charge in [0.25, 0.3) is 0 Å². The average Bonchev–Trinajstić information content (AvgIpc) is 2.68. The van der Waals surface area contributed by atoms with Crippen LogP contribution >= 0.6 is 0 Å². The van der Waals surface area contributed by atoms with Crippen LogP contribution in [0.4, 0.5) is 0 Å². The molecular formula is C26H25N. The van der Waals surface area contributed by atoms with Crippen molar-refractivity contribution in [3.63, 3.8) is 0 Å². The average molecular weight is 351 g/mol. The first-order valence-corrected chi connectivity index (χ1v) is 9.19. The summed E-state index contributed by atoms with van der Waals surface area (Å²) in [4.78, 5) is 4.99. The first-order chi connectivity index (χ1) is 13.0. The predicted molar refractivity (Wildman–Crippen MR) is 118 cm³/mol. The highest BCUT2D eigenvalue weighted by molar-refractivity contribution is 6.03. The lowest BCUT2D eigenvalue weighted by Crippen LogP contribution is -1.99. The number of aliphatic imine (C=N–C) groups is 1. The molecule has 0 aliphatic rings. The molecule has 3 aromatic rings. The molecule has 0 amide bonds. The fraction of sp³-hybridized carbons (Fsp3) is 0.115. The zero-order valence-electron chi connectivity index (χ0n) is 16.2. The highest BCUT2D eigenvalue weighted by atomic mass is 14.8. The Morgan fingerprint density at radius 2 is 1.41 bits per heavy atom. The summed E-state index contributed by atoms with van der Waals surface area (Å²) in [5.41, 5.74) is 8.74. The van der Waals surface area contributed by atoms with Gasteiger partial charge in [0, 0.05) is 11.3 Å². The zero-order chi connectivity index (χ0) is 19.2. The quantitative estimate of drug-likeness (QED) is 0.351. The molecule has 0 saturated carbocycles. The molecule has 0 aromatic heterocycles. The topological polar surface area (TPSA) is 12.4 Å². The maximum atomic E-state index is 4.99. The molecule has 0 saturated heterocycles. The Hall–Kier alpha value is -3.19. The number of benzene rings is 3. The van der Waals surface area contributed by atoms with E-state index < -0.39 is 0 Å². The van der Waals surface area contributed by atoms with Gasteiger partial charge in [0.2, 0.25) is 0 Å². The van der Waals surface area contributed by atoms with Gasteiger partial charge in [0.1, 0.15) is 0 Å². The van der Waals surface area contributed by atoms with Gasteiger partial charge in [-0.15, -0.1) is 0 Å². The number of aryl methyl sites for hydroxylation is 2. The van der Waals surface area contributed by atoms with Crippen LogP contribution in [-0.4, -0.2) is 5.71 Å². The first kappa shape index (κ1) is 18.6. The molecule has 1 nitrogen and oxygen atoms in total. The smallest absolute Gasteiger partial charge is 0.0711 e. The lowest BCUT2D eigenvalue weighted by Gasteiger charge is -2.10. The lowest BCUT2D eigenvalue weighted by atomic mass is 10.0. The Kier molecular flexibility index (Phi) is 5.83. The fourth-order valence-electron chi connectivity index (χ4n) is 3.15. The van der Waals surface area contributed by atoms with Gasteiger partial charge in [-0.1, -0.05) is 91.0 Å². The van der Waals surface area contributed by atoms with Crippen molar-refractivity contribution < 1.29 is 0 Å². The standard InChI is InChI=1S/C26H25N/c1-19-15-16-25(21(3)17-19)22(4)27-26(24-13-9-6-10-14-24)18-20(2)23-11-7-5-8-12-23/h5-18H,2H2,1,3-4H3/b26-18-,27-22+. The molecule has 3 rings (SSSR count). The minimum atomic E-state index is 0.918. The number of hydrogen-bond donors (Lipinski definition) is 0. The molecule has 0 bridgehead atoms. The van der Waals surface area contributed by atoms with Crippen LogP contribution in [0.3, 0.4) is 0 Å². The summed E-state index contributed by atoms with van der Waals surface area (Å²) in [6, 6.07) is 27.0. The summed E-state index contributed by atoms with van der Waals surface area (Å²) < 4.78 is 0. The summed E-state index contributed by atoms with van der Waals surface area (Å²) in [6.45, 7) is 10.6. The number of hydrogen-bond acceptors (Lipinski definition) is 1. The Morgan fingerprint density at radius 1 is 0.815 bits per heavy atom. The van der Waals surface area contributed by atoms with Gasteiger partial charge in [-0.3, -0.25) is 4.99 Å². The van der Waals surface area contributed by atoms with Gasteiger partial charge in [-0.2, -0.15) is 0 Å². The van der Waals surface area contributed by atoms with E-state index in [0.29, 0.717) is 0 Å². The third-order valence-electron chi connectivity index (χ3n) is 4.58. The van der Waals surface area contributed by atoms with Crippen molar-refractivity contribution in [2.45, 2.75) is 20.8 Å². The van der Waals surface area contributed by atoms with Crippen molar-refractivity contribution in [1.82, 2.24) is 0 Å². The van der Waals surface area contributed by atoms with Crippen molar-refractivity contribution in [3.8, 4) is 0 Å². The van der Waals surface area contributed by atoms with E-state index in [1.165, 1.54) is 16.7 Å². The van der Waals surface area contributed by atoms with Crippen LogP contribution in [0.1, 0.15) is 34.7 Å². The lowest BCUT2D eigenvalue weighted by molar-refractivity contribution is 1.35. The van der Waals surface area contributed by atoms with E-state index >= 15 is 0 Å². The van der Waals surface area contributed by atoms with Crippen molar-refractivity contribution >= 4 is 17.0 Å². The molecule has 27 heavy (non-hydrogen) atoms. The number of nitrogens with zero attached hydrogens (tertiary/aromatic N) is 1. The second-order valence-electron chi connectivity index (χ2n) is 6.80. The molecule has 3 aromatic carbocycles. The maximum absolute atomic E-state index is 4.99. The minimum Gasteiger partial charge on any atom is -0.252 e. The summed E-state index contributed by atoms with van der Waals surface area (Å²) in [5, 5.41) is 0. The molecule has 0 spiro atoms. The first-order valence-electron chi connectivity index (χ1n) is 9.19. The Morgan fingerprint density at radius 3 is 2.00 bits per heavy atom. The van der Waals surface area contributed by atoms with Gasteiger partial charge in [0.05, 0.1) is 5.70 Å².